The highest BCUT2D eigenvalue weighted by Gasteiger charge is 2.37. The molecule has 2 aliphatic heterocycles. The second kappa shape index (κ2) is 12.6. The van der Waals surface area contributed by atoms with Crippen molar-refractivity contribution in [3.05, 3.63) is 65.4 Å². The van der Waals surface area contributed by atoms with Crippen LogP contribution in [0.15, 0.2) is 53.7 Å². The molecule has 12 nitrogen and oxygen atoms in total. The lowest BCUT2D eigenvalue weighted by Crippen LogP contribution is -2.51. The van der Waals surface area contributed by atoms with Crippen LogP contribution < -0.4 is 11.1 Å². The number of amides is 3. The summed E-state index contributed by atoms with van der Waals surface area (Å²) in [6.45, 7) is 2.76. The molecular formula is C31H32F4N6O6. The Balaban J connectivity index is 1.34. The molecule has 0 bridgehead atoms. The molecule has 47 heavy (non-hydrogen) atoms. The van der Waals surface area contributed by atoms with Crippen LogP contribution in [0, 0.1) is 0 Å². The maximum atomic E-state index is 15.3. The first-order chi connectivity index (χ1) is 22.0. The van der Waals surface area contributed by atoms with E-state index in [1.165, 1.54) is 35.2 Å². The van der Waals surface area contributed by atoms with Crippen LogP contribution in [0.2, 0.25) is 0 Å². The zero-order valence-electron chi connectivity index (χ0n) is 25.6. The predicted octanol–water partition coefficient (Wildman–Crippen LogP) is 4.42. The van der Waals surface area contributed by atoms with Crippen molar-refractivity contribution in [3.8, 4) is 0 Å². The Hall–Kier alpha value is -5.15. The first-order valence-electron chi connectivity index (χ1n) is 14.6. The van der Waals surface area contributed by atoms with Gasteiger partial charge in [0, 0.05) is 17.6 Å². The topological polar surface area (TPSA) is 149 Å². The van der Waals surface area contributed by atoms with E-state index in [0.29, 0.717) is 10.6 Å². The highest BCUT2D eigenvalue weighted by atomic mass is 19.4. The number of alkyl halides is 4. The highest BCUT2D eigenvalue weighted by Crippen LogP contribution is 2.32. The van der Waals surface area contributed by atoms with Crippen molar-refractivity contribution in [2.24, 2.45) is 10.9 Å². The summed E-state index contributed by atoms with van der Waals surface area (Å²) < 4.78 is 62.5. The van der Waals surface area contributed by atoms with E-state index >= 15 is 4.39 Å². The summed E-state index contributed by atoms with van der Waals surface area (Å²) in [5.41, 5.74) is 5.62. The molecule has 1 saturated heterocycles. The number of nitrogens with two attached hydrogens (primary N) is 1. The number of benzene rings is 2. The smallest absolute Gasteiger partial charge is 0.410 e. The van der Waals surface area contributed by atoms with Crippen molar-refractivity contribution in [1.29, 1.82) is 0 Å². The SMILES string of the molecule is CC(C)(C)OC(=O)N1CC[C@@H](Nc2cccc3c2cc(/C(N)=N/OC(=O)CN2C(=O)c4ccccc4C2=O)n3CC(F)(F)F)[C@@H](F)C1. The number of ether oxygens (including phenoxy) is 1. The molecule has 250 valence electrons. The Morgan fingerprint density at radius 3 is 2.30 bits per heavy atom. The lowest BCUT2D eigenvalue weighted by Gasteiger charge is -2.36. The standard InChI is InChI=1S/C31H32F4N6O6/c1-30(2,3)46-29(45)39-12-11-22(20(32)14-39)37-21-9-6-10-23-19(21)13-24(41(23)16-31(33,34)35)26(36)38-47-25(42)15-40-27(43)17-7-4-5-8-18(17)28(40)44/h4-10,13,20,22,37H,11-12,14-16H2,1-3H3,(H2,36,38)/t20-,22+/m0/s1. The monoisotopic (exact) mass is 660 g/mol. The molecule has 0 unspecified atom stereocenters. The maximum absolute atomic E-state index is 15.3. The fraction of sp³-hybridized carbons (Fsp3) is 0.387. The van der Waals surface area contributed by atoms with Crippen LogP contribution in [-0.2, 0) is 20.9 Å². The van der Waals surface area contributed by atoms with E-state index in [2.05, 4.69) is 10.5 Å². The molecule has 3 aromatic rings. The van der Waals surface area contributed by atoms with Crippen LogP contribution in [0.25, 0.3) is 10.9 Å². The third-order valence-corrected chi connectivity index (χ3v) is 7.49. The second-order valence-corrected chi connectivity index (χ2v) is 12.1. The van der Waals surface area contributed by atoms with Crippen molar-refractivity contribution < 1.29 is 46.3 Å². The number of hydrogen-bond acceptors (Lipinski definition) is 8. The van der Waals surface area contributed by atoms with Gasteiger partial charge in [0.25, 0.3) is 11.8 Å². The van der Waals surface area contributed by atoms with Crippen LogP contribution in [0.5, 0.6) is 0 Å². The van der Waals surface area contributed by atoms with Gasteiger partial charge in [-0.3, -0.25) is 14.5 Å². The molecule has 2 aliphatic rings. The Morgan fingerprint density at radius 2 is 1.70 bits per heavy atom. The molecule has 3 amide bonds. The van der Waals surface area contributed by atoms with E-state index in [9.17, 15) is 32.3 Å². The van der Waals surface area contributed by atoms with Gasteiger partial charge in [-0.05, 0) is 57.5 Å². The third kappa shape index (κ3) is 7.31. The fourth-order valence-electron chi connectivity index (χ4n) is 5.42. The van der Waals surface area contributed by atoms with E-state index < -0.39 is 66.8 Å². The van der Waals surface area contributed by atoms with Gasteiger partial charge in [0.1, 0.15) is 24.9 Å². The minimum atomic E-state index is -4.69. The van der Waals surface area contributed by atoms with Crippen molar-refractivity contribution in [2.45, 2.75) is 57.7 Å². The lowest BCUT2D eigenvalue weighted by molar-refractivity contribution is -0.144. The van der Waals surface area contributed by atoms with Gasteiger partial charge in [0.05, 0.1) is 34.9 Å². The Morgan fingerprint density at radius 1 is 1.04 bits per heavy atom. The first kappa shape index (κ1) is 33.2. The molecule has 0 aliphatic carbocycles. The van der Waals surface area contributed by atoms with E-state index in [-0.39, 0.29) is 47.2 Å². The van der Waals surface area contributed by atoms with Crippen molar-refractivity contribution in [3.63, 3.8) is 0 Å². The Kier molecular flexibility index (Phi) is 8.88. The number of carbonyl (C=O) groups excluding carboxylic acids is 4. The number of oxime groups is 1. The number of nitrogens with zero attached hydrogens (tertiary/aromatic N) is 4. The quantitative estimate of drug-likeness (QED) is 0.0945. The zero-order valence-corrected chi connectivity index (χ0v) is 25.6. The average Bonchev–Trinajstić information content (AvgIpc) is 3.46. The number of amidine groups is 1. The van der Waals surface area contributed by atoms with E-state index in [0.717, 1.165) is 4.57 Å². The van der Waals surface area contributed by atoms with E-state index in [1.807, 2.05) is 0 Å². The van der Waals surface area contributed by atoms with Crippen molar-refractivity contribution in [2.75, 3.05) is 25.0 Å². The molecule has 0 radical (unpaired) electrons. The van der Waals surface area contributed by atoms with Crippen molar-refractivity contribution >= 4 is 46.3 Å². The summed E-state index contributed by atoms with van der Waals surface area (Å²) in [5.74, 6) is -3.18. The van der Waals surface area contributed by atoms with Crippen LogP contribution >= 0.6 is 0 Å². The molecule has 2 atom stereocenters. The average molecular weight is 661 g/mol. The summed E-state index contributed by atoms with van der Waals surface area (Å²) in [7, 11) is 0. The first-order valence-corrected chi connectivity index (χ1v) is 14.6. The van der Waals surface area contributed by atoms with Gasteiger partial charge in [-0.25, -0.2) is 14.0 Å². The van der Waals surface area contributed by atoms with Gasteiger partial charge in [-0.1, -0.05) is 23.4 Å². The van der Waals surface area contributed by atoms with E-state index in [1.54, 1.807) is 39.0 Å². The zero-order chi connectivity index (χ0) is 34.3. The van der Waals surface area contributed by atoms with Gasteiger partial charge in [-0.15, -0.1) is 0 Å². The second-order valence-electron chi connectivity index (χ2n) is 12.1. The number of likely N-dealkylation sites (tertiary alicyclic amines) is 1. The molecule has 2 aromatic carbocycles. The number of piperidine rings is 1. The molecule has 0 saturated carbocycles. The summed E-state index contributed by atoms with van der Waals surface area (Å²) in [6.07, 6.45) is -6.66. The summed E-state index contributed by atoms with van der Waals surface area (Å²) in [4.78, 5) is 56.7. The number of rotatable bonds is 7. The van der Waals surface area contributed by atoms with Gasteiger partial charge in [0.2, 0.25) is 0 Å². The van der Waals surface area contributed by atoms with E-state index in [4.69, 9.17) is 15.3 Å². The number of nitrogens with one attached hydrogen (secondary N) is 1. The molecule has 16 heteroatoms. The number of imide groups is 1. The molecule has 1 aromatic heterocycles. The third-order valence-electron chi connectivity index (χ3n) is 7.49. The molecule has 0 spiro atoms. The maximum Gasteiger partial charge on any atom is 0.410 e. The summed E-state index contributed by atoms with van der Waals surface area (Å²) >= 11 is 0. The molecule has 3 N–H and O–H groups in total. The Bertz CT molecular complexity index is 1730. The normalized spacial score (nSPS) is 18.8. The minimum absolute atomic E-state index is 0.0828. The highest BCUT2D eigenvalue weighted by molar-refractivity contribution is 6.22. The van der Waals surface area contributed by atoms with Crippen LogP contribution in [0.1, 0.15) is 53.6 Å². The Labute approximate surface area is 266 Å². The molecular weight excluding hydrogens is 628 g/mol. The number of carbonyl (C=O) groups is 4. The number of hydrogen-bond donors (Lipinski definition) is 2. The molecule has 1 fully saturated rings. The largest absolute Gasteiger partial charge is 0.444 e. The van der Waals surface area contributed by atoms with Crippen LogP contribution in [-0.4, -0.2) is 87.7 Å². The summed E-state index contributed by atoms with van der Waals surface area (Å²) in [5, 5.41) is 6.81. The number of aromatic nitrogens is 1. The summed E-state index contributed by atoms with van der Waals surface area (Å²) in [6, 6.07) is 11.0. The van der Waals surface area contributed by atoms with Gasteiger partial charge < -0.3 is 30.1 Å². The van der Waals surface area contributed by atoms with Gasteiger partial charge in [0.15, 0.2) is 5.84 Å². The number of fused-ring (bicyclic) bond motifs is 2. The fourth-order valence-corrected chi connectivity index (χ4v) is 5.42. The number of halogens is 4. The van der Waals surface area contributed by atoms with Crippen molar-refractivity contribution in [1.82, 2.24) is 14.4 Å². The number of anilines is 1. The van der Waals surface area contributed by atoms with Gasteiger partial charge >= 0.3 is 18.2 Å². The molecule has 5 rings (SSSR count). The predicted molar refractivity (Wildman–Crippen MR) is 161 cm³/mol. The van der Waals surface area contributed by atoms with Crippen LogP contribution in [0.3, 0.4) is 0 Å². The lowest BCUT2D eigenvalue weighted by atomic mass is 10.0. The van der Waals surface area contributed by atoms with Gasteiger partial charge in [-0.2, -0.15) is 13.2 Å². The van der Waals surface area contributed by atoms with Crippen LogP contribution in [0.4, 0.5) is 28.0 Å². The molecule has 3 heterocycles. The minimum Gasteiger partial charge on any atom is -0.444 e.